The highest BCUT2D eigenvalue weighted by Crippen LogP contribution is 2.23. The summed E-state index contributed by atoms with van der Waals surface area (Å²) in [6.45, 7) is 1.81. The molecule has 0 bridgehead atoms. The van der Waals surface area contributed by atoms with E-state index >= 15 is 0 Å². The molecule has 0 spiro atoms. The maximum atomic E-state index is 13.3. The van der Waals surface area contributed by atoms with E-state index in [0.29, 0.717) is 13.1 Å². The van der Waals surface area contributed by atoms with Crippen molar-refractivity contribution in [3.05, 3.63) is 29.0 Å². The average Bonchev–Trinajstić information content (AvgIpc) is 2.93. The zero-order valence-electron chi connectivity index (χ0n) is 15.9. The number of carbonyl (C=O) groups excluding carboxylic acids is 1. The van der Waals surface area contributed by atoms with Crippen molar-refractivity contribution in [3.63, 3.8) is 0 Å². The molecular weight excluding hydrogens is 405 g/mol. The standard InChI is InChI=1S/C19H27ClFN3O3S/c20-17-13-16(7-8-18(17)21)28(26,27)24-11-9-23(10-12-24)14-19(25)22-15-5-3-1-2-4-6-15/h7-8,13,15H,1-6,9-12,14H2,(H,22,25). The summed E-state index contributed by atoms with van der Waals surface area (Å²) in [5.74, 6) is -0.640. The molecule has 6 nitrogen and oxygen atoms in total. The van der Waals surface area contributed by atoms with Crippen molar-refractivity contribution in [1.29, 1.82) is 0 Å². The van der Waals surface area contributed by atoms with Crippen LogP contribution in [-0.2, 0) is 14.8 Å². The number of hydrogen-bond acceptors (Lipinski definition) is 4. The van der Waals surface area contributed by atoms with Gasteiger partial charge in [0.1, 0.15) is 5.82 Å². The molecule has 2 fully saturated rings. The van der Waals surface area contributed by atoms with Crippen LogP contribution in [0.25, 0.3) is 0 Å². The zero-order chi connectivity index (χ0) is 20.1. The van der Waals surface area contributed by atoms with Gasteiger partial charge >= 0.3 is 0 Å². The molecule has 1 aromatic rings. The van der Waals surface area contributed by atoms with E-state index in [1.807, 2.05) is 4.90 Å². The van der Waals surface area contributed by atoms with Crippen molar-refractivity contribution >= 4 is 27.5 Å². The molecule has 1 amide bonds. The molecule has 0 atom stereocenters. The molecule has 1 saturated carbocycles. The second-order valence-corrected chi connectivity index (χ2v) is 9.86. The van der Waals surface area contributed by atoms with Crippen molar-refractivity contribution < 1.29 is 17.6 Å². The summed E-state index contributed by atoms with van der Waals surface area (Å²) in [5.41, 5.74) is 0. The molecule has 1 N–H and O–H groups in total. The monoisotopic (exact) mass is 431 g/mol. The van der Waals surface area contributed by atoms with Gasteiger partial charge in [0.15, 0.2) is 0 Å². The maximum absolute atomic E-state index is 13.3. The van der Waals surface area contributed by atoms with Gasteiger partial charge in [-0.2, -0.15) is 4.31 Å². The Kier molecular flexibility index (Phi) is 7.31. The Morgan fingerprint density at radius 3 is 2.36 bits per heavy atom. The lowest BCUT2D eigenvalue weighted by Gasteiger charge is -2.33. The third-order valence-corrected chi connectivity index (χ3v) is 7.63. The highest BCUT2D eigenvalue weighted by Gasteiger charge is 2.29. The van der Waals surface area contributed by atoms with Gasteiger partial charge in [-0.3, -0.25) is 9.69 Å². The number of halogens is 2. The van der Waals surface area contributed by atoms with E-state index in [-0.39, 0.29) is 41.5 Å². The fraction of sp³-hybridized carbons (Fsp3) is 0.632. The van der Waals surface area contributed by atoms with Gasteiger partial charge in [0.05, 0.1) is 16.5 Å². The van der Waals surface area contributed by atoms with Crippen LogP contribution in [0.1, 0.15) is 38.5 Å². The lowest BCUT2D eigenvalue weighted by atomic mass is 10.1. The second kappa shape index (κ2) is 9.52. The quantitative estimate of drug-likeness (QED) is 0.727. The number of sulfonamides is 1. The largest absolute Gasteiger partial charge is 0.352 e. The van der Waals surface area contributed by atoms with Gasteiger partial charge in [-0.05, 0) is 31.0 Å². The Hall–Kier alpha value is -1.22. The van der Waals surface area contributed by atoms with Crippen LogP contribution in [0.15, 0.2) is 23.1 Å². The van der Waals surface area contributed by atoms with Gasteiger partial charge in [-0.15, -0.1) is 0 Å². The summed E-state index contributed by atoms with van der Waals surface area (Å²) < 4.78 is 40.1. The molecule has 9 heteroatoms. The highest BCUT2D eigenvalue weighted by molar-refractivity contribution is 7.89. The summed E-state index contributed by atoms with van der Waals surface area (Å²) in [5, 5.41) is 2.91. The second-order valence-electron chi connectivity index (χ2n) is 7.51. The Labute approximate surface area is 171 Å². The van der Waals surface area contributed by atoms with Gasteiger partial charge < -0.3 is 5.32 Å². The number of nitrogens with zero attached hydrogens (tertiary/aromatic N) is 2. The van der Waals surface area contributed by atoms with Crippen LogP contribution < -0.4 is 5.32 Å². The average molecular weight is 432 g/mol. The first-order valence-electron chi connectivity index (χ1n) is 9.83. The van der Waals surface area contributed by atoms with Gasteiger partial charge in [-0.1, -0.05) is 37.3 Å². The predicted octanol–water partition coefficient (Wildman–Crippen LogP) is 2.62. The summed E-state index contributed by atoms with van der Waals surface area (Å²) in [6, 6.07) is 3.69. The number of piperazine rings is 1. The van der Waals surface area contributed by atoms with Crippen LogP contribution in [0.5, 0.6) is 0 Å². The molecule has 1 aliphatic heterocycles. The van der Waals surface area contributed by atoms with Gasteiger partial charge in [0.2, 0.25) is 15.9 Å². The molecule has 0 unspecified atom stereocenters. The summed E-state index contributed by atoms with van der Waals surface area (Å²) in [4.78, 5) is 14.3. The SMILES string of the molecule is O=C(CN1CCN(S(=O)(=O)c2ccc(F)c(Cl)c2)CC1)NC1CCCCCC1. The molecule has 1 heterocycles. The molecule has 0 aromatic heterocycles. The van der Waals surface area contributed by atoms with Crippen LogP contribution in [0, 0.1) is 5.82 Å². The molecule has 1 aromatic carbocycles. The molecule has 2 aliphatic rings. The molecular formula is C19H27ClFN3O3S. The number of nitrogens with one attached hydrogen (secondary N) is 1. The maximum Gasteiger partial charge on any atom is 0.243 e. The Morgan fingerprint density at radius 2 is 1.75 bits per heavy atom. The minimum absolute atomic E-state index is 0.00789. The van der Waals surface area contributed by atoms with Crippen LogP contribution in [0.2, 0.25) is 5.02 Å². The van der Waals surface area contributed by atoms with E-state index in [9.17, 15) is 17.6 Å². The Morgan fingerprint density at radius 1 is 1.11 bits per heavy atom. The lowest BCUT2D eigenvalue weighted by Crippen LogP contribution is -2.51. The number of benzene rings is 1. The summed E-state index contributed by atoms with van der Waals surface area (Å²) >= 11 is 5.72. The van der Waals surface area contributed by atoms with Crippen molar-refractivity contribution in [1.82, 2.24) is 14.5 Å². The predicted molar refractivity (Wildman–Crippen MR) is 106 cm³/mol. The summed E-state index contributed by atoms with van der Waals surface area (Å²) in [6.07, 6.45) is 6.88. The summed E-state index contributed by atoms with van der Waals surface area (Å²) in [7, 11) is -3.72. The van der Waals surface area contributed by atoms with Crippen LogP contribution in [0.3, 0.4) is 0 Å². The third kappa shape index (κ3) is 5.43. The smallest absolute Gasteiger partial charge is 0.243 e. The molecule has 1 aliphatic carbocycles. The number of carbonyl (C=O) groups is 1. The van der Waals surface area contributed by atoms with Crippen LogP contribution in [-0.4, -0.2) is 62.3 Å². The Bertz CT molecular complexity index is 790. The van der Waals surface area contributed by atoms with Crippen LogP contribution in [0.4, 0.5) is 4.39 Å². The first-order chi connectivity index (χ1) is 13.4. The van der Waals surface area contributed by atoms with E-state index in [2.05, 4.69) is 5.32 Å². The Balaban J connectivity index is 1.50. The van der Waals surface area contributed by atoms with E-state index in [1.165, 1.54) is 23.2 Å². The van der Waals surface area contributed by atoms with Crippen molar-refractivity contribution in [2.45, 2.75) is 49.5 Å². The topological polar surface area (TPSA) is 69.7 Å². The normalized spacial score (nSPS) is 20.6. The van der Waals surface area contributed by atoms with Crippen LogP contribution >= 0.6 is 11.6 Å². The van der Waals surface area contributed by atoms with Crippen molar-refractivity contribution in [3.8, 4) is 0 Å². The third-order valence-electron chi connectivity index (χ3n) is 5.45. The molecule has 28 heavy (non-hydrogen) atoms. The van der Waals surface area contributed by atoms with E-state index < -0.39 is 15.8 Å². The minimum atomic E-state index is -3.72. The molecule has 3 rings (SSSR count). The first-order valence-corrected chi connectivity index (χ1v) is 11.6. The first kappa shape index (κ1) is 21.5. The van der Waals surface area contributed by atoms with E-state index in [4.69, 9.17) is 11.6 Å². The fourth-order valence-electron chi connectivity index (χ4n) is 3.81. The van der Waals surface area contributed by atoms with Gasteiger partial charge in [0.25, 0.3) is 0 Å². The highest BCUT2D eigenvalue weighted by atomic mass is 35.5. The number of amides is 1. The zero-order valence-corrected chi connectivity index (χ0v) is 17.4. The number of hydrogen-bond donors (Lipinski definition) is 1. The van der Waals surface area contributed by atoms with Crippen molar-refractivity contribution in [2.75, 3.05) is 32.7 Å². The molecule has 0 radical (unpaired) electrons. The fourth-order valence-corrected chi connectivity index (χ4v) is 5.51. The van der Waals surface area contributed by atoms with Gasteiger partial charge in [0, 0.05) is 32.2 Å². The van der Waals surface area contributed by atoms with Gasteiger partial charge in [-0.25, -0.2) is 12.8 Å². The molecule has 156 valence electrons. The van der Waals surface area contributed by atoms with E-state index in [1.54, 1.807) is 0 Å². The van der Waals surface area contributed by atoms with E-state index in [0.717, 1.165) is 37.8 Å². The minimum Gasteiger partial charge on any atom is -0.352 e. The van der Waals surface area contributed by atoms with Crippen molar-refractivity contribution in [2.24, 2.45) is 0 Å². The lowest BCUT2D eigenvalue weighted by molar-refractivity contribution is -0.123. The number of rotatable bonds is 5. The molecule has 1 saturated heterocycles.